The number of pyridine rings is 2. The summed E-state index contributed by atoms with van der Waals surface area (Å²) in [6.07, 6.45) is 6.71. The lowest BCUT2D eigenvalue weighted by Gasteiger charge is -2.29. The zero-order chi connectivity index (χ0) is 27.5. The van der Waals surface area contributed by atoms with Gasteiger partial charge in [-0.05, 0) is 73.6 Å². The van der Waals surface area contributed by atoms with E-state index in [9.17, 15) is 14.4 Å². The van der Waals surface area contributed by atoms with Crippen molar-refractivity contribution in [3.8, 4) is 11.1 Å². The molecule has 204 valence electrons. The third kappa shape index (κ3) is 6.21. The smallest absolute Gasteiger partial charge is 0.267 e. The zero-order valence-electron chi connectivity index (χ0n) is 21.7. The van der Waals surface area contributed by atoms with Gasteiger partial charge in [-0.3, -0.25) is 14.4 Å². The molecular formula is C29H31ClN4O5. The maximum atomic E-state index is 13.6. The number of nitrogens with zero attached hydrogens (tertiary/aromatic N) is 2. The Morgan fingerprint density at radius 1 is 1.15 bits per heavy atom. The monoisotopic (exact) mass is 550 g/mol. The van der Waals surface area contributed by atoms with E-state index in [-0.39, 0.29) is 36.0 Å². The van der Waals surface area contributed by atoms with Gasteiger partial charge in [0.15, 0.2) is 0 Å². The van der Waals surface area contributed by atoms with Crippen LogP contribution in [0.1, 0.15) is 60.3 Å². The van der Waals surface area contributed by atoms with Gasteiger partial charge in [-0.1, -0.05) is 17.7 Å². The second-order valence-electron chi connectivity index (χ2n) is 10.1. The standard InChI is InChI=1S/C29H31ClN4O5/c1-17-10-18-5-6-20(30)11-23(18)24-13-27(35)34(15-19(24)16-39-17)26(12-22-4-2-3-9-38-22)29(37)33-21-7-8-25(28(31)36)32-14-21/h5-8,11,13-15,17,22,26H,2-4,9-10,12,16H2,1H3,(H2,31,36)(H,33,37)/t17-,22+,26+/m1/s1. The molecule has 3 atom stereocenters. The van der Waals surface area contributed by atoms with Gasteiger partial charge in [0, 0.05) is 35.9 Å². The molecule has 0 unspecified atom stereocenters. The lowest BCUT2D eigenvalue weighted by Crippen LogP contribution is -2.37. The number of nitrogens with two attached hydrogens (primary N) is 1. The molecular weight excluding hydrogens is 520 g/mol. The van der Waals surface area contributed by atoms with Crippen LogP contribution in [-0.2, 0) is 27.3 Å². The number of hydrogen-bond acceptors (Lipinski definition) is 6. The first-order chi connectivity index (χ1) is 18.8. The fourth-order valence-electron chi connectivity index (χ4n) is 5.21. The van der Waals surface area contributed by atoms with Gasteiger partial charge in [0.1, 0.15) is 11.7 Å². The lowest BCUT2D eigenvalue weighted by molar-refractivity contribution is -0.121. The molecule has 10 heteroatoms. The molecule has 2 aliphatic heterocycles. The van der Waals surface area contributed by atoms with E-state index >= 15 is 0 Å². The summed E-state index contributed by atoms with van der Waals surface area (Å²) in [4.78, 5) is 42.6. The molecule has 1 fully saturated rings. The third-order valence-electron chi connectivity index (χ3n) is 7.24. The predicted molar refractivity (Wildman–Crippen MR) is 148 cm³/mol. The average molecular weight is 551 g/mol. The van der Waals surface area contributed by atoms with Gasteiger partial charge in [-0.15, -0.1) is 0 Å². The van der Waals surface area contributed by atoms with Crippen LogP contribution in [0.15, 0.2) is 53.6 Å². The number of amides is 2. The SMILES string of the molecule is C[C@@H]1Cc2ccc(Cl)cc2-c2cc(=O)n([C@@H](C[C@@H]3CCCCO3)C(=O)Nc3ccc(C(N)=O)nc3)cc2CO1. The van der Waals surface area contributed by atoms with Gasteiger partial charge in [-0.25, -0.2) is 4.98 Å². The van der Waals surface area contributed by atoms with E-state index < -0.39 is 11.9 Å². The van der Waals surface area contributed by atoms with Crippen LogP contribution in [-0.4, -0.2) is 40.2 Å². The van der Waals surface area contributed by atoms with Crippen molar-refractivity contribution >= 4 is 29.1 Å². The number of primary amides is 1. The van der Waals surface area contributed by atoms with Gasteiger partial charge >= 0.3 is 0 Å². The summed E-state index contributed by atoms with van der Waals surface area (Å²) in [5.74, 6) is -1.05. The minimum atomic E-state index is -0.844. The Balaban J connectivity index is 1.53. The molecule has 1 saturated heterocycles. The van der Waals surface area contributed by atoms with Crippen LogP contribution in [0.4, 0.5) is 5.69 Å². The second kappa shape index (κ2) is 11.7. The molecule has 0 aliphatic carbocycles. The van der Waals surface area contributed by atoms with Crippen LogP contribution in [0, 0.1) is 0 Å². The molecule has 3 N–H and O–H groups in total. The molecule has 0 spiro atoms. The molecule has 0 radical (unpaired) electrons. The molecule has 3 aromatic rings. The molecule has 5 rings (SSSR count). The lowest BCUT2D eigenvalue weighted by atomic mass is 9.92. The fourth-order valence-corrected chi connectivity index (χ4v) is 5.38. The number of rotatable bonds is 6. The van der Waals surface area contributed by atoms with Gasteiger partial charge in [0.25, 0.3) is 11.5 Å². The Kier molecular flexibility index (Phi) is 8.11. The third-order valence-corrected chi connectivity index (χ3v) is 7.47. The number of hydrogen-bond donors (Lipinski definition) is 2. The molecule has 1 aromatic carbocycles. The number of halogens is 1. The van der Waals surface area contributed by atoms with Crippen molar-refractivity contribution < 1.29 is 19.1 Å². The van der Waals surface area contributed by atoms with Crippen LogP contribution >= 0.6 is 11.6 Å². The fraction of sp³-hybridized carbons (Fsp3) is 0.379. The van der Waals surface area contributed by atoms with Crippen molar-refractivity contribution in [1.29, 1.82) is 0 Å². The van der Waals surface area contributed by atoms with Crippen LogP contribution in [0.25, 0.3) is 11.1 Å². The number of fused-ring (bicyclic) bond motifs is 3. The van der Waals surface area contributed by atoms with Crippen LogP contribution < -0.4 is 16.6 Å². The minimum Gasteiger partial charge on any atom is -0.378 e. The van der Waals surface area contributed by atoms with E-state index in [2.05, 4.69) is 10.3 Å². The molecule has 39 heavy (non-hydrogen) atoms. The van der Waals surface area contributed by atoms with Crippen molar-refractivity contribution in [2.45, 2.75) is 63.9 Å². The summed E-state index contributed by atoms with van der Waals surface area (Å²) in [6, 6.07) is 9.39. The Hall–Kier alpha value is -3.53. The Labute approximate surface area is 231 Å². The number of carbonyl (C=O) groups excluding carboxylic acids is 2. The predicted octanol–water partition coefficient (Wildman–Crippen LogP) is 4.26. The number of benzene rings is 1. The van der Waals surface area contributed by atoms with Crippen molar-refractivity contribution in [3.63, 3.8) is 0 Å². The molecule has 0 bridgehead atoms. The number of carbonyl (C=O) groups is 2. The van der Waals surface area contributed by atoms with E-state index in [1.807, 2.05) is 25.1 Å². The van der Waals surface area contributed by atoms with E-state index in [0.717, 1.165) is 41.5 Å². The highest BCUT2D eigenvalue weighted by Crippen LogP contribution is 2.33. The zero-order valence-corrected chi connectivity index (χ0v) is 22.4. The van der Waals surface area contributed by atoms with Crippen LogP contribution in [0.2, 0.25) is 5.02 Å². The largest absolute Gasteiger partial charge is 0.378 e. The molecule has 0 saturated carbocycles. The molecule has 4 heterocycles. The van der Waals surface area contributed by atoms with E-state index in [1.165, 1.54) is 16.8 Å². The number of nitrogens with one attached hydrogen (secondary N) is 1. The van der Waals surface area contributed by atoms with Crippen molar-refractivity contribution in [3.05, 3.63) is 81.0 Å². The highest BCUT2D eigenvalue weighted by Gasteiger charge is 2.29. The highest BCUT2D eigenvalue weighted by molar-refractivity contribution is 6.30. The maximum Gasteiger partial charge on any atom is 0.267 e. The van der Waals surface area contributed by atoms with Crippen LogP contribution in [0.3, 0.4) is 0 Å². The van der Waals surface area contributed by atoms with Gasteiger partial charge < -0.3 is 25.1 Å². The first kappa shape index (κ1) is 27.1. The van der Waals surface area contributed by atoms with E-state index in [0.29, 0.717) is 30.2 Å². The highest BCUT2D eigenvalue weighted by atomic mass is 35.5. The van der Waals surface area contributed by atoms with Crippen molar-refractivity contribution in [2.24, 2.45) is 5.73 Å². The Morgan fingerprint density at radius 3 is 2.69 bits per heavy atom. The molecule has 2 aromatic heterocycles. The summed E-state index contributed by atoms with van der Waals surface area (Å²) in [5, 5.41) is 3.42. The van der Waals surface area contributed by atoms with Gasteiger partial charge in [0.2, 0.25) is 5.91 Å². The summed E-state index contributed by atoms with van der Waals surface area (Å²) in [6.45, 7) is 2.92. The summed E-state index contributed by atoms with van der Waals surface area (Å²) in [5.41, 5.74) is 8.92. The van der Waals surface area contributed by atoms with Crippen molar-refractivity contribution in [1.82, 2.24) is 9.55 Å². The summed E-state index contributed by atoms with van der Waals surface area (Å²) < 4.78 is 13.5. The average Bonchev–Trinajstić information content (AvgIpc) is 2.92. The summed E-state index contributed by atoms with van der Waals surface area (Å²) >= 11 is 6.34. The van der Waals surface area contributed by atoms with E-state index in [1.54, 1.807) is 18.3 Å². The van der Waals surface area contributed by atoms with Gasteiger partial charge in [-0.2, -0.15) is 0 Å². The van der Waals surface area contributed by atoms with E-state index in [4.69, 9.17) is 26.8 Å². The maximum absolute atomic E-state index is 13.6. The van der Waals surface area contributed by atoms with Crippen molar-refractivity contribution in [2.75, 3.05) is 11.9 Å². The molecule has 2 aliphatic rings. The summed E-state index contributed by atoms with van der Waals surface area (Å²) in [7, 11) is 0. The Morgan fingerprint density at radius 2 is 1.97 bits per heavy atom. The second-order valence-corrected chi connectivity index (χ2v) is 10.5. The van der Waals surface area contributed by atoms with Gasteiger partial charge in [0.05, 0.1) is 30.7 Å². The quantitative estimate of drug-likeness (QED) is 0.472. The normalized spacial score (nSPS) is 19.6. The first-order valence-corrected chi connectivity index (χ1v) is 13.5. The number of ether oxygens (including phenoxy) is 2. The molecule has 9 nitrogen and oxygen atoms in total. The van der Waals surface area contributed by atoms with Crippen LogP contribution in [0.5, 0.6) is 0 Å². The topological polar surface area (TPSA) is 126 Å². The Bertz CT molecular complexity index is 1430. The number of anilines is 1. The first-order valence-electron chi connectivity index (χ1n) is 13.1. The number of aromatic nitrogens is 2. The minimum absolute atomic E-state index is 0.0379. The molecule has 2 amide bonds.